The average molecular weight is 247 g/mol. The first-order valence-corrected chi connectivity index (χ1v) is 5.39. The Morgan fingerprint density at radius 3 is 2.47 bits per heavy atom. The molecule has 17 heavy (non-hydrogen) atoms. The smallest absolute Gasteiger partial charge is 0.310 e. The maximum absolute atomic E-state index is 12.1. The topological polar surface area (TPSA) is 37.8 Å². The van der Waals surface area contributed by atoms with E-state index in [9.17, 15) is 13.2 Å². The maximum atomic E-state index is 12.1. The molecule has 0 aliphatic rings. The molecule has 1 heterocycles. The highest BCUT2D eigenvalue weighted by molar-refractivity contribution is 5.16. The maximum Gasteiger partial charge on any atom is 0.396 e. The van der Waals surface area contributed by atoms with Crippen LogP contribution < -0.4 is 5.32 Å². The summed E-state index contributed by atoms with van der Waals surface area (Å²) in [5.41, 5.74) is 1.41. The molecular formula is C11H16F3N3. The van der Waals surface area contributed by atoms with Gasteiger partial charge in [-0.2, -0.15) is 13.2 Å². The first-order valence-electron chi connectivity index (χ1n) is 5.39. The number of nitrogens with zero attached hydrogens (tertiary/aromatic N) is 2. The van der Waals surface area contributed by atoms with Crippen molar-refractivity contribution in [1.82, 2.24) is 15.3 Å². The van der Waals surface area contributed by atoms with Crippen LogP contribution in [0.3, 0.4) is 0 Å². The van der Waals surface area contributed by atoms with E-state index in [0.717, 1.165) is 5.56 Å². The molecule has 0 fully saturated rings. The Balaban J connectivity index is 2.72. The molecule has 0 atom stereocenters. The molecule has 0 saturated carbocycles. The molecule has 0 aliphatic heterocycles. The van der Waals surface area contributed by atoms with Gasteiger partial charge in [-0.05, 0) is 6.92 Å². The lowest BCUT2D eigenvalue weighted by Gasteiger charge is -2.11. The molecule has 0 radical (unpaired) electrons. The monoisotopic (exact) mass is 247 g/mol. The second kappa shape index (κ2) is 5.44. The fourth-order valence-electron chi connectivity index (χ4n) is 1.29. The fraction of sp³-hybridized carbons (Fsp3) is 0.636. The zero-order chi connectivity index (χ0) is 13.1. The molecule has 3 nitrogen and oxygen atoms in total. The Bertz CT molecular complexity index is 375. The van der Waals surface area contributed by atoms with Crippen LogP contribution in [-0.4, -0.2) is 22.2 Å². The van der Waals surface area contributed by atoms with Gasteiger partial charge >= 0.3 is 6.18 Å². The molecule has 0 amide bonds. The number of nitrogens with one attached hydrogen (secondary N) is 1. The highest BCUT2D eigenvalue weighted by atomic mass is 19.4. The summed E-state index contributed by atoms with van der Waals surface area (Å²) in [6, 6.07) is 0.309. The molecule has 96 valence electrons. The van der Waals surface area contributed by atoms with Crippen LogP contribution in [0.15, 0.2) is 6.20 Å². The third-order valence-corrected chi connectivity index (χ3v) is 2.19. The molecular weight excluding hydrogens is 231 g/mol. The van der Waals surface area contributed by atoms with Crippen molar-refractivity contribution < 1.29 is 13.2 Å². The van der Waals surface area contributed by atoms with Crippen LogP contribution in [0.4, 0.5) is 13.2 Å². The SMILES string of the molecule is Cc1nc(CC(F)(F)F)ncc1CNC(C)C. The largest absolute Gasteiger partial charge is 0.396 e. The second-order valence-corrected chi connectivity index (χ2v) is 4.22. The normalized spacial score (nSPS) is 12.2. The van der Waals surface area contributed by atoms with Crippen molar-refractivity contribution in [3.8, 4) is 0 Å². The highest BCUT2D eigenvalue weighted by Crippen LogP contribution is 2.19. The third kappa shape index (κ3) is 5.12. The van der Waals surface area contributed by atoms with Gasteiger partial charge in [0.15, 0.2) is 0 Å². The van der Waals surface area contributed by atoms with Crippen molar-refractivity contribution in [2.24, 2.45) is 0 Å². The molecule has 6 heteroatoms. The summed E-state index contributed by atoms with van der Waals surface area (Å²) >= 11 is 0. The third-order valence-electron chi connectivity index (χ3n) is 2.19. The van der Waals surface area contributed by atoms with E-state index in [1.807, 2.05) is 13.8 Å². The van der Waals surface area contributed by atoms with Crippen LogP contribution >= 0.6 is 0 Å². The van der Waals surface area contributed by atoms with E-state index in [4.69, 9.17) is 0 Å². The minimum atomic E-state index is -4.26. The van der Waals surface area contributed by atoms with Crippen LogP contribution in [0.2, 0.25) is 0 Å². The molecule has 1 aromatic heterocycles. The van der Waals surface area contributed by atoms with Gasteiger partial charge in [-0.1, -0.05) is 13.8 Å². The number of aromatic nitrogens is 2. The van der Waals surface area contributed by atoms with Crippen molar-refractivity contribution >= 4 is 0 Å². The molecule has 1 aromatic rings. The summed E-state index contributed by atoms with van der Waals surface area (Å²) in [5.74, 6) is -0.178. The van der Waals surface area contributed by atoms with Gasteiger partial charge < -0.3 is 5.32 Å². The van der Waals surface area contributed by atoms with Crippen molar-refractivity contribution in [3.63, 3.8) is 0 Å². The lowest BCUT2D eigenvalue weighted by atomic mass is 10.2. The second-order valence-electron chi connectivity index (χ2n) is 4.22. The van der Waals surface area contributed by atoms with E-state index < -0.39 is 12.6 Å². The molecule has 0 aromatic carbocycles. The van der Waals surface area contributed by atoms with Gasteiger partial charge in [-0.3, -0.25) is 0 Å². The van der Waals surface area contributed by atoms with Crippen LogP contribution in [0.5, 0.6) is 0 Å². The van der Waals surface area contributed by atoms with Gasteiger partial charge in [0.25, 0.3) is 0 Å². The lowest BCUT2D eigenvalue weighted by molar-refractivity contribution is -0.128. The van der Waals surface area contributed by atoms with Gasteiger partial charge in [0.2, 0.25) is 0 Å². The van der Waals surface area contributed by atoms with Gasteiger partial charge in [0.05, 0.1) is 0 Å². The average Bonchev–Trinajstić information content (AvgIpc) is 2.13. The van der Waals surface area contributed by atoms with E-state index in [0.29, 0.717) is 18.3 Å². The predicted molar refractivity (Wildman–Crippen MR) is 58.5 cm³/mol. The minimum absolute atomic E-state index is 0.178. The molecule has 0 unspecified atom stereocenters. The van der Waals surface area contributed by atoms with Gasteiger partial charge in [-0.15, -0.1) is 0 Å². The van der Waals surface area contributed by atoms with Crippen molar-refractivity contribution in [1.29, 1.82) is 0 Å². The predicted octanol–water partition coefficient (Wildman–Crippen LogP) is 2.39. The van der Waals surface area contributed by atoms with Gasteiger partial charge in [0.1, 0.15) is 12.2 Å². The Morgan fingerprint density at radius 1 is 1.35 bits per heavy atom. The van der Waals surface area contributed by atoms with E-state index in [2.05, 4.69) is 15.3 Å². The number of rotatable bonds is 4. The van der Waals surface area contributed by atoms with E-state index in [-0.39, 0.29) is 5.82 Å². The molecule has 0 bridgehead atoms. The summed E-state index contributed by atoms with van der Waals surface area (Å²) in [4.78, 5) is 7.60. The van der Waals surface area contributed by atoms with E-state index in [1.54, 1.807) is 6.92 Å². The van der Waals surface area contributed by atoms with Crippen LogP contribution in [0.1, 0.15) is 30.9 Å². The van der Waals surface area contributed by atoms with Gasteiger partial charge in [-0.25, -0.2) is 9.97 Å². The summed E-state index contributed by atoms with van der Waals surface area (Å²) in [7, 11) is 0. The Kier molecular flexibility index (Phi) is 4.45. The Hall–Kier alpha value is -1.17. The van der Waals surface area contributed by atoms with Crippen LogP contribution in [0, 0.1) is 6.92 Å². The molecule has 0 aliphatic carbocycles. The summed E-state index contributed by atoms with van der Waals surface area (Å²) in [5, 5.41) is 3.17. The Morgan fingerprint density at radius 2 is 2.00 bits per heavy atom. The van der Waals surface area contributed by atoms with E-state index in [1.165, 1.54) is 6.20 Å². The van der Waals surface area contributed by atoms with Gasteiger partial charge in [0, 0.05) is 30.0 Å². The van der Waals surface area contributed by atoms with Crippen molar-refractivity contribution in [2.75, 3.05) is 0 Å². The van der Waals surface area contributed by atoms with Crippen molar-refractivity contribution in [2.45, 2.75) is 46.0 Å². The summed E-state index contributed by atoms with van der Waals surface area (Å²) in [6.07, 6.45) is -3.88. The number of hydrogen-bond acceptors (Lipinski definition) is 3. The Labute approximate surface area is 98.5 Å². The zero-order valence-electron chi connectivity index (χ0n) is 10.1. The first-order chi connectivity index (χ1) is 7.78. The van der Waals surface area contributed by atoms with E-state index >= 15 is 0 Å². The molecule has 1 N–H and O–H groups in total. The standard InChI is InChI=1S/C11H16F3N3/c1-7(2)15-5-9-6-16-10(17-8(9)3)4-11(12,13)14/h6-7,15H,4-5H2,1-3H3. The number of alkyl halides is 3. The number of halogens is 3. The number of hydrogen-bond donors (Lipinski definition) is 1. The minimum Gasteiger partial charge on any atom is -0.310 e. The summed E-state index contributed by atoms with van der Waals surface area (Å²) in [6.45, 7) is 6.25. The molecule has 0 saturated heterocycles. The zero-order valence-corrected chi connectivity index (χ0v) is 10.1. The van der Waals surface area contributed by atoms with Crippen LogP contribution in [0.25, 0.3) is 0 Å². The quantitative estimate of drug-likeness (QED) is 0.887. The fourth-order valence-corrected chi connectivity index (χ4v) is 1.29. The lowest BCUT2D eigenvalue weighted by Crippen LogP contribution is -2.23. The summed E-state index contributed by atoms with van der Waals surface area (Å²) < 4.78 is 36.4. The number of aryl methyl sites for hydroxylation is 1. The molecule has 0 spiro atoms. The van der Waals surface area contributed by atoms with Crippen LogP contribution in [-0.2, 0) is 13.0 Å². The highest BCUT2D eigenvalue weighted by Gasteiger charge is 2.29. The first kappa shape index (κ1) is 13.9. The molecule has 1 rings (SSSR count). The van der Waals surface area contributed by atoms with Crippen molar-refractivity contribution in [3.05, 3.63) is 23.3 Å².